The van der Waals surface area contributed by atoms with Gasteiger partial charge in [-0.05, 0) is 44.6 Å². The lowest BCUT2D eigenvalue weighted by molar-refractivity contribution is 0.185. The van der Waals surface area contributed by atoms with E-state index in [9.17, 15) is 13.5 Å². The van der Waals surface area contributed by atoms with E-state index in [1.807, 2.05) is 6.92 Å². The van der Waals surface area contributed by atoms with E-state index in [1.165, 1.54) is 0 Å². The average molecular weight is 247 g/mol. The monoisotopic (exact) mass is 247 g/mol. The number of sulfone groups is 1. The van der Waals surface area contributed by atoms with Crippen LogP contribution in [0, 0.1) is 11.8 Å². The topological polar surface area (TPSA) is 66.4 Å². The lowest BCUT2D eigenvalue weighted by Crippen LogP contribution is -2.39. The molecular formula is C11H21NO3S. The van der Waals surface area contributed by atoms with Crippen LogP contribution in [0.25, 0.3) is 0 Å². The highest BCUT2D eigenvalue weighted by molar-refractivity contribution is 7.91. The Labute approximate surface area is 97.3 Å². The molecule has 2 aliphatic heterocycles. The SMILES string of the molecule is CC1(CO)CC(C2CCCS(=O)(=O)C2)CN1. The van der Waals surface area contributed by atoms with Crippen LogP contribution in [-0.4, -0.2) is 43.7 Å². The summed E-state index contributed by atoms with van der Waals surface area (Å²) in [5.41, 5.74) is -0.203. The van der Waals surface area contributed by atoms with E-state index in [1.54, 1.807) is 0 Å². The maximum atomic E-state index is 11.6. The van der Waals surface area contributed by atoms with Crippen molar-refractivity contribution in [3.8, 4) is 0 Å². The Morgan fingerprint density at radius 1 is 1.44 bits per heavy atom. The minimum absolute atomic E-state index is 0.128. The van der Waals surface area contributed by atoms with Gasteiger partial charge in [0.25, 0.3) is 0 Å². The van der Waals surface area contributed by atoms with Gasteiger partial charge in [0.05, 0.1) is 18.1 Å². The fourth-order valence-electron chi connectivity index (χ4n) is 2.98. The summed E-state index contributed by atoms with van der Waals surface area (Å²) in [6.07, 6.45) is 2.72. The van der Waals surface area contributed by atoms with Crippen molar-refractivity contribution >= 4 is 9.84 Å². The molecule has 0 aromatic rings. The fraction of sp³-hybridized carbons (Fsp3) is 1.00. The van der Waals surface area contributed by atoms with Crippen LogP contribution in [0.3, 0.4) is 0 Å². The van der Waals surface area contributed by atoms with Crippen molar-refractivity contribution in [3.05, 3.63) is 0 Å². The Morgan fingerprint density at radius 3 is 2.75 bits per heavy atom. The van der Waals surface area contributed by atoms with E-state index in [-0.39, 0.29) is 12.1 Å². The van der Waals surface area contributed by atoms with Crippen molar-refractivity contribution < 1.29 is 13.5 Å². The molecule has 0 aromatic heterocycles. The number of aliphatic hydroxyl groups excluding tert-OH is 1. The van der Waals surface area contributed by atoms with E-state index < -0.39 is 9.84 Å². The first-order chi connectivity index (χ1) is 7.44. The van der Waals surface area contributed by atoms with Crippen molar-refractivity contribution in [2.24, 2.45) is 11.8 Å². The van der Waals surface area contributed by atoms with E-state index in [2.05, 4.69) is 5.32 Å². The molecule has 4 nitrogen and oxygen atoms in total. The fourth-order valence-corrected chi connectivity index (χ4v) is 4.85. The second kappa shape index (κ2) is 4.27. The van der Waals surface area contributed by atoms with Crippen molar-refractivity contribution in [1.82, 2.24) is 5.32 Å². The molecule has 0 bridgehead atoms. The van der Waals surface area contributed by atoms with Gasteiger partial charge in [-0.25, -0.2) is 8.42 Å². The predicted octanol–water partition coefficient (Wildman–Crippen LogP) is 0.172. The molecule has 2 N–H and O–H groups in total. The summed E-state index contributed by atoms with van der Waals surface area (Å²) < 4.78 is 23.2. The minimum Gasteiger partial charge on any atom is -0.394 e. The molecule has 2 heterocycles. The van der Waals surface area contributed by atoms with Crippen LogP contribution >= 0.6 is 0 Å². The highest BCUT2D eigenvalue weighted by Crippen LogP contribution is 2.34. The normalized spacial score (nSPS) is 43.4. The van der Waals surface area contributed by atoms with Gasteiger partial charge >= 0.3 is 0 Å². The number of aliphatic hydroxyl groups is 1. The first-order valence-corrected chi connectivity index (χ1v) is 7.83. The molecule has 2 aliphatic rings. The van der Waals surface area contributed by atoms with Crippen molar-refractivity contribution in [2.45, 2.75) is 31.7 Å². The summed E-state index contributed by atoms with van der Waals surface area (Å²) in [6.45, 7) is 2.98. The van der Waals surface area contributed by atoms with E-state index >= 15 is 0 Å². The molecule has 0 saturated carbocycles. The van der Waals surface area contributed by atoms with Crippen LogP contribution in [0.1, 0.15) is 26.2 Å². The van der Waals surface area contributed by atoms with Crippen LogP contribution in [0.2, 0.25) is 0 Å². The largest absolute Gasteiger partial charge is 0.394 e. The summed E-state index contributed by atoms with van der Waals surface area (Å²) in [6, 6.07) is 0. The van der Waals surface area contributed by atoms with Crippen LogP contribution in [0.4, 0.5) is 0 Å². The Morgan fingerprint density at radius 2 is 2.19 bits per heavy atom. The van der Waals surface area contributed by atoms with E-state index in [0.29, 0.717) is 23.3 Å². The van der Waals surface area contributed by atoms with Crippen molar-refractivity contribution in [3.63, 3.8) is 0 Å². The van der Waals surface area contributed by atoms with Gasteiger partial charge in [0.2, 0.25) is 0 Å². The molecule has 3 atom stereocenters. The average Bonchev–Trinajstić information content (AvgIpc) is 2.61. The van der Waals surface area contributed by atoms with Crippen molar-refractivity contribution in [1.29, 1.82) is 0 Å². The van der Waals surface area contributed by atoms with Gasteiger partial charge < -0.3 is 10.4 Å². The Kier molecular flexibility index (Phi) is 3.29. The third-order valence-corrected chi connectivity index (χ3v) is 5.86. The van der Waals surface area contributed by atoms with Gasteiger partial charge in [-0.15, -0.1) is 0 Å². The van der Waals surface area contributed by atoms with Gasteiger partial charge in [0.1, 0.15) is 0 Å². The molecular weight excluding hydrogens is 226 g/mol. The maximum absolute atomic E-state index is 11.6. The second-order valence-electron chi connectivity index (χ2n) is 5.58. The first-order valence-electron chi connectivity index (χ1n) is 6.00. The van der Waals surface area contributed by atoms with E-state index in [0.717, 1.165) is 25.8 Å². The smallest absolute Gasteiger partial charge is 0.150 e. The summed E-state index contributed by atoms with van der Waals surface area (Å²) in [4.78, 5) is 0. The lowest BCUT2D eigenvalue weighted by Gasteiger charge is -2.28. The number of hydrogen-bond donors (Lipinski definition) is 2. The van der Waals surface area contributed by atoms with Crippen LogP contribution in [0.5, 0.6) is 0 Å². The zero-order valence-electron chi connectivity index (χ0n) is 9.78. The standard InChI is InChI=1S/C11H21NO3S/c1-11(8-13)5-10(6-12-11)9-3-2-4-16(14,15)7-9/h9-10,12-13H,2-8H2,1H3. The van der Waals surface area contributed by atoms with Crippen molar-refractivity contribution in [2.75, 3.05) is 24.7 Å². The van der Waals surface area contributed by atoms with E-state index in [4.69, 9.17) is 0 Å². The minimum atomic E-state index is -2.80. The molecule has 0 radical (unpaired) electrons. The zero-order chi connectivity index (χ0) is 11.8. The molecule has 16 heavy (non-hydrogen) atoms. The second-order valence-corrected chi connectivity index (χ2v) is 7.81. The molecule has 0 aliphatic carbocycles. The quantitative estimate of drug-likeness (QED) is 0.730. The summed E-state index contributed by atoms with van der Waals surface area (Å²) >= 11 is 0. The van der Waals surface area contributed by atoms with Gasteiger partial charge in [-0.1, -0.05) is 0 Å². The molecule has 0 spiro atoms. The third kappa shape index (κ3) is 2.57. The molecule has 94 valence electrons. The number of nitrogens with one attached hydrogen (secondary N) is 1. The highest BCUT2D eigenvalue weighted by atomic mass is 32.2. The highest BCUT2D eigenvalue weighted by Gasteiger charge is 2.40. The summed E-state index contributed by atoms with van der Waals surface area (Å²) in [5.74, 6) is 1.41. The molecule has 0 aromatic carbocycles. The molecule has 3 unspecified atom stereocenters. The number of hydrogen-bond acceptors (Lipinski definition) is 4. The first kappa shape index (κ1) is 12.3. The van der Waals surface area contributed by atoms with Gasteiger partial charge in [-0.3, -0.25) is 0 Å². The Bertz CT molecular complexity index is 354. The predicted molar refractivity (Wildman–Crippen MR) is 63.0 cm³/mol. The Balaban J connectivity index is 1.99. The molecule has 2 rings (SSSR count). The molecule has 2 fully saturated rings. The summed E-state index contributed by atoms with van der Waals surface area (Å²) in [7, 11) is -2.80. The van der Waals surface area contributed by atoms with Gasteiger partial charge in [-0.2, -0.15) is 0 Å². The third-order valence-electron chi connectivity index (χ3n) is 4.02. The zero-order valence-corrected chi connectivity index (χ0v) is 10.6. The Hall–Kier alpha value is -0.130. The van der Waals surface area contributed by atoms with Crippen LogP contribution in [0.15, 0.2) is 0 Å². The summed E-state index contributed by atoms with van der Waals surface area (Å²) in [5, 5.41) is 12.6. The number of rotatable bonds is 2. The van der Waals surface area contributed by atoms with Crippen LogP contribution < -0.4 is 5.32 Å². The van der Waals surface area contributed by atoms with Gasteiger partial charge in [0, 0.05) is 5.54 Å². The van der Waals surface area contributed by atoms with Crippen LogP contribution in [-0.2, 0) is 9.84 Å². The maximum Gasteiger partial charge on any atom is 0.150 e. The molecule has 5 heteroatoms. The molecule has 2 saturated heterocycles. The lowest BCUT2D eigenvalue weighted by atomic mass is 9.84. The molecule has 0 amide bonds. The van der Waals surface area contributed by atoms with Gasteiger partial charge in [0.15, 0.2) is 9.84 Å².